The largest absolute Gasteiger partial charge is 0.444 e. The summed E-state index contributed by atoms with van der Waals surface area (Å²) >= 11 is 0. The quantitative estimate of drug-likeness (QED) is 0.688. The van der Waals surface area contributed by atoms with E-state index in [9.17, 15) is 9.59 Å². The van der Waals surface area contributed by atoms with E-state index in [4.69, 9.17) is 4.74 Å². The van der Waals surface area contributed by atoms with Gasteiger partial charge in [-0.2, -0.15) is 0 Å². The Morgan fingerprint density at radius 3 is 2.52 bits per heavy atom. The zero-order valence-corrected chi connectivity index (χ0v) is 13.6. The monoisotopic (exact) mass is 293 g/mol. The van der Waals surface area contributed by atoms with Crippen molar-refractivity contribution in [3.63, 3.8) is 0 Å². The second-order valence-corrected chi connectivity index (χ2v) is 8.25. The molecule has 0 bridgehead atoms. The minimum absolute atomic E-state index is 0.0625. The number of carbonyl (C=O) groups is 2. The Kier molecular flexibility index (Phi) is 3.34. The van der Waals surface area contributed by atoms with Crippen LogP contribution in [0.15, 0.2) is 0 Å². The molecule has 2 atom stereocenters. The molecule has 4 heteroatoms. The zero-order chi connectivity index (χ0) is 15.4. The van der Waals surface area contributed by atoms with Crippen LogP contribution in [-0.4, -0.2) is 35.0 Å². The highest BCUT2D eigenvalue weighted by Crippen LogP contribution is 2.61. The van der Waals surface area contributed by atoms with E-state index in [1.54, 1.807) is 0 Å². The second-order valence-electron chi connectivity index (χ2n) is 8.25. The summed E-state index contributed by atoms with van der Waals surface area (Å²) in [6, 6.07) is 0.0959. The maximum absolute atomic E-state index is 12.6. The van der Waals surface area contributed by atoms with Crippen molar-refractivity contribution in [2.24, 2.45) is 17.3 Å². The molecule has 4 nitrogen and oxygen atoms in total. The number of ketones is 1. The molecule has 1 heterocycles. The van der Waals surface area contributed by atoms with E-state index >= 15 is 0 Å². The third-order valence-corrected chi connectivity index (χ3v) is 5.33. The summed E-state index contributed by atoms with van der Waals surface area (Å²) in [7, 11) is 0. The van der Waals surface area contributed by atoms with Gasteiger partial charge in [-0.3, -0.25) is 4.79 Å². The molecule has 3 rings (SSSR count). The van der Waals surface area contributed by atoms with Crippen molar-refractivity contribution >= 4 is 11.9 Å². The van der Waals surface area contributed by atoms with Crippen molar-refractivity contribution in [2.75, 3.05) is 6.54 Å². The van der Waals surface area contributed by atoms with E-state index in [2.05, 4.69) is 6.92 Å². The Balaban J connectivity index is 1.82. The minimum atomic E-state index is -0.479. The molecule has 0 unspecified atom stereocenters. The molecule has 3 fully saturated rings. The predicted octanol–water partition coefficient (Wildman–Crippen LogP) is 3.39. The lowest BCUT2D eigenvalue weighted by Crippen LogP contribution is -2.72. The number of ether oxygens (including phenoxy) is 1. The van der Waals surface area contributed by atoms with Gasteiger partial charge in [0.2, 0.25) is 0 Å². The lowest BCUT2D eigenvalue weighted by Gasteiger charge is -2.63. The predicted molar refractivity (Wildman–Crippen MR) is 79.9 cm³/mol. The van der Waals surface area contributed by atoms with Gasteiger partial charge in [-0.1, -0.05) is 13.3 Å². The average Bonchev–Trinajstić information content (AvgIpc) is 2.52. The van der Waals surface area contributed by atoms with Crippen LogP contribution in [0.2, 0.25) is 0 Å². The van der Waals surface area contributed by atoms with Crippen molar-refractivity contribution in [1.82, 2.24) is 4.90 Å². The SMILES string of the molecule is CC1CC2(C1)C(=O)[C@H]1CCCCN(C(=O)OC(C)(C)C)[C@H]12. The number of hydrogen-bond donors (Lipinski definition) is 0. The highest BCUT2D eigenvalue weighted by molar-refractivity contribution is 5.97. The van der Waals surface area contributed by atoms with Gasteiger partial charge in [0.25, 0.3) is 0 Å². The fourth-order valence-corrected chi connectivity index (χ4v) is 4.69. The van der Waals surface area contributed by atoms with Gasteiger partial charge in [0.1, 0.15) is 11.4 Å². The van der Waals surface area contributed by atoms with E-state index < -0.39 is 5.60 Å². The van der Waals surface area contributed by atoms with E-state index in [0.29, 0.717) is 11.7 Å². The number of fused-ring (bicyclic) bond motifs is 2. The van der Waals surface area contributed by atoms with Crippen molar-refractivity contribution < 1.29 is 14.3 Å². The molecule has 0 aromatic rings. The maximum Gasteiger partial charge on any atom is 0.410 e. The molecule has 0 aromatic heterocycles. The summed E-state index contributed by atoms with van der Waals surface area (Å²) in [5.41, 5.74) is -0.710. The highest BCUT2D eigenvalue weighted by Gasteiger charge is 2.68. The lowest BCUT2D eigenvalue weighted by molar-refractivity contribution is -0.177. The second kappa shape index (κ2) is 4.72. The first-order valence-corrected chi connectivity index (χ1v) is 8.28. The molecule has 2 saturated carbocycles. The molecule has 0 radical (unpaired) electrons. The lowest BCUT2D eigenvalue weighted by atomic mass is 9.44. The number of hydrogen-bond acceptors (Lipinski definition) is 3. The number of nitrogens with zero attached hydrogens (tertiary/aromatic N) is 1. The van der Waals surface area contributed by atoms with E-state index in [1.165, 1.54) is 0 Å². The van der Waals surface area contributed by atoms with Crippen LogP contribution in [0.3, 0.4) is 0 Å². The standard InChI is InChI=1S/C17H27NO3/c1-11-9-17(10-11)13-12(14(17)19)7-5-6-8-18(13)15(20)21-16(2,3)4/h11-13H,5-10H2,1-4H3/t11?,12-,13+,17?/m0/s1. The molecular formula is C17H27NO3. The third-order valence-electron chi connectivity index (χ3n) is 5.33. The number of amides is 1. The first kappa shape index (κ1) is 14.9. The number of rotatable bonds is 0. The van der Waals surface area contributed by atoms with Crippen LogP contribution in [0.25, 0.3) is 0 Å². The summed E-state index contributed by atoms with van der Waals surface area (Å²) < 4.78 is 5.59. The van der Waals surface area contributed by atoms with Gasteiger partial charge in [0.15, 0.2) is 0 Å². The Labute approximate surface area is 127 Å². The van der Waals surface area contributed by atoms with Crippen molar-refractivity contribution in [3.05, 3.63) is 0 Å². The number of carbonyl (C=O) groups excluding carboxylic acids is 2. The molecular weight excluding hydrogens is 266 g/mol. The third kappa shape index (κ3) is 2.27. The molecule has 1 saturated heterocycles. The fraction of sp³-hybridized carbons (Fsp3) is 0.882. The van der Waals surface area contributed by atoms with Crippen LogP contribution >= 0.6 is 0 Å². The summed E-state index contributed by atoms with van der Waals surface area (Å²) in [5, 5.41) is 0. The number of likely N-dealkylation sites (tertiary alicyclic amines) is 1. The van der Waals surface area contributed by atoms with Gasteiger partial charge in [-0.15, -0.1) is 0 Å². The van der Waals surface area contributed by atoms with Gasteiger partial charge in [0.05, 0.1) is 11.5 Å². The van der Waals surface area contributed by atoms with Crippen molar-refractivity contribution in [3.8, 4) is 0 Å². The van der Waals surface area contributed by atoms with Crippen molar-refractivity contribution in [1.29, 1.82) is 0 Å². The van der Waals surface area contributed by atoms with Gasteiger partial charge in [0, 0.05) is 12.5 Å². The van der Waals surface area contributed by atoms with Crippen LogP contribution in [0, 0.1) is 17.3 Å². The molecule has 0 N–H and O–H groups in total. The molecule has 3 aliphatic rings. The molecule has 118 valence electrons. The van der Waals surface area contributed by atoms with Crippen molar-refractivity contribution in [2.45, 2.75) is 71.4 Å². The van der Waals surface area contributed by atoms with E-state index in [0.717, 1.165) is 38.6 Å². The summed E-state index contributed by atoms with van der Waals surface area (Å²) in [6.45, 7) is 8.62. The Morgan fingerprint density at radius 2 is 1.95 bits per heavy atom. The van der Waals surface area contributed by atoms with Crippen LogP contribution in [0.5, 0.6) is 0 Å². The molecule has 2 aliphatic carbocycles. The molecule has 21 heavy (non-hydrogen) atoms. The van der Waals surface area contributed by atoms with Crippen LogP contribution in [0.4, 0.5) is 4.79 Å². The average molecular weight is 293 g/mol. The molecule has 1 aliphatic heterocycles. The maximum atomic E-state index is 12.6. The van der Waals surface area contributed by atoms with Gasteiger partial charge in [-0.05, 0) is 52.4 Å². The Hall–Kier alpha value is -1.06. The molecule has 1 amide bonds. The summed E-state index contributed by atoms with van der Waals surface area (Å²) in [5.74, 6) is 1.09. The number of Topliss-reactive ketones (excluding diaryl/α,β-unsaturated/α-hetero) is 1. The van der Waals surface area contributed by atoms with E-state index in [1.807, 2.05) is 25.7 Å². The highest BCUT2D eigenvalue weighted by atomic mass is 16.6. The normalized spacial score (nSPS) is 39.1. The molecule has 0 aromatic carbocycles. The first-order valence-electron chi connectivity index (χ1n) is 8.28. The first-order chi connectivity index (χ1) is 9.74. The minimum Gasteiger partial charge on any atom is -0.444 e. The zero-order valence-electron chi connectivity index (χ0n) is 13.6. The smallest absolute Gasteiger partial charge is 0.410 e. The van der Waals surface area contributed by atoms with Crippen LogP contribution < -0.4 is 0 Å². The fourth-order valence-electron chi connectivity index (χ4n) is 4.69. The van der Waals surface area contributed by atoms with Gasteiger partial charge >= 0.3 is 6.09 Å². The molecule has 1 spiro atoms. The van der Waals surface area contributed by atoms with Crippen LogP contribution in [0.1, 0.15) is 59.8 Å². The van der Waals surface area contributed by atoms with Gasteiger partial charge in [-0.25, -0.2) is 4.79 Å². The summed E-state index contributed by atoms with van der Waals surface area (Å²) in [6.07, 6.45) is 4.63. The Morgan fingerprint density at radius 1 is 1.29 bits per heavy atom. The topological polar surface area (TPSA) is 46.6 Å². The van der Waals surface area contributed by atoms with E-state index in [-0.39, 0.29) is 23.5 Å². The van der Waals surface area contributed by atoms with Gasteiger partial charge < -0.3 is 9.64 Å². The van der Waals surface area contributed by atoms with Crippen LogP contribution in [-0.2, 0) is 9.53 Å². The Bertz CT molecular complexity index is 459. The summed E-state index contributed by atoms with van der Waals surface area (Å²) in [4.78, 5) is 27.0.